The first-order chi connectivity index (χ1) is 9.38. The Labute approximate surface area is 116 Å². The number of carbonyl (C=O) groups is 1. The van der Waals surface area contributed by atoms with E-state index >= 15 is 0 Å². The van der Waals surface area contributed by atoms with Crippen LogP contribution in [0.3, 0.4) is 0 Å². The molecule has 5 nitrogen and oxygen atoms in total. The molecule has 0 saturated heterocycles. The average molecular weight is 276 g/mol. The summed E-state index contributed by atoms with van der Waals surface area (Å²) in [6, 6.07) is 4.08. The van der Waals surface area contributed by atoms with Crippen molar-refractivity contribution in [1.82, 2.24) is 9.78 Å². The van der Waals surface area contributed by atoms with Crippen LogP contribution in [0.1, 0.15) is 17.0 Å². The minimum atomic E-state index is -0.503. The van der Waals surface area contributed by atoms with Crippen LogP contribution in [0.2, 0.25) is 0 Å². The first kappa shape index (κ1) is 14.0. The van der Waals surface area contributed by atoms with Crippen LogP contribution in [-0.2, 0) is 11.3 Å². The predicted molar refractivity (Wildman–Crippen MR) is 75.9 cm³/mol. The van der Waals surface area contributed by atoms with E-state index in [-0.39, 0.29) is 18.1 Å². The Kier molecular flexibility index (Phi) is 3.74. The Morgan fingerprint density at radius 2 is 2.10 bits per heavy atom. The van der Waals surface area contributed by atoms with Gasteiger partial charge in [0, 0.05) is 11.4 Å². The van der Waals surface area contributed by atoms with Gasteiger partial charge in [0.15, 0.2) is 0 Å². The molecular formula is C14H17FN4O. The number of aryl methyl sites for hydroxylation is 1. The second-order valence-corrected chi connectivity index (χ2v) is 4.74. The molecule has 1 amide bonds. The average Bonchev–Trinajstić information content (AvgIpc) is 2.61. The van der Waals surface area contributed by atoms with E-state index in [9.17, 15) is 9.18 Å². The van der Waals surface area contributed by atoms with Gasteiger partial charge in [-0.1, -0.05) is 0 Å². The van der Waals surface area contributed by atoms with Crippen molar-refractivity contribution < 1.29 is 9.18 Å². The van der Waals surface area contributed by atoms with Crippen molar-refractivity contribution in [3.63, 3.8) is 0 Å². The van der Waals surface area contributed by atoms with Gasteiger partial charge in [-0.3, -0.25) is 9.48 Å². The van der Waals surface area contributed by atoms with Crippen LogP contribution in [0.4, 0.5) is 15.8 Å². The highest BCUT2D eigenvalue weighted by Gasteiger charge is 2.11. The van der Waals surface area contributed by atoms with Crippen molar-refractivity contribution >= 4 is 17.3 Å². The molecule has 0 bridgehead atoms. The lowest BCUT2D eigenvalue weighted by Crippen LogP contribution is -2.20. The molecular weight excluding hydrogens is 259 g/mol. The van der Waals surface area contributed by atoms with E-state index in [0.717, 1.165) is 17.0 Å². The molecule has 0 saturated carbocycles. The Morgan fingerprint density at radius 1 is 1.40 bits per heavy atom. The van der Waals surface area contributed by atoms with E-state index in [2.05, 4.69) is 10.4 Å². The highest BCUT2D eigenvalue weighted by molar-refractivity contribution is 5.91. The number of rotatable bonds is 3. The van der Waals surface area contributed by atoms with Crippen LogP contribution in [-0.4, -0.2) is 15.7 Å². The number of anilines is 2. The van der Waals surface area contributed by atoms with Gasteiger partial charge in [0.1, 0.15) is 12.4 Å². The maximum atomic E-state index is 13.0. The number of nitrogens with two attached hydrogens (primary N) is 1. The standard InChI is InChI=1S/C14H17FN4O/c1-8-9(2)18-19(10(8)3)7-14(20)17-11-4-5-12(15)13(16)6-11/h4-6H,7,16H2,1-3H3,(H,17,20). The van der Waals surface area contributed by atoms with E-state index in [0.29, 0.717) is 5.69 Å². The third-order valence-corrected chi connectivity index (χ3v) is 3.32. The molecule has 0 unspecified atom stereocenters. The zero-order valence-electron chi connectivity index (χ0n) is 11.7. The zero-order chi connectivity index (χ0) is 14.9. The number of nitrogens with zero attached hydrogens (tertiary/aromatic N) is 2. The Bertz CT molecular complexity index is 663. The molecule has 6 heteroatoms. The van der Waals surface area contributed by atoms with Crippen LogP contribution in [0.5, 0.6) is 0 Å². The summed E-state index contributed by atoms with van der Waals surface area (Å²) in [5.41, 5.74) is 8.85. The number of carbonyl (C=O) groups excluding carboxylic acids is 1. The molecule has 1 aromatic heterocycles. The minimum absolute atomic E-state index is 0.00441. The lowest BCUT2D eigenvalue weighted by atomic mass is 10.2. The first-order valence-corrected chi connectivity index (χ1v) is 6.24. The maximum absolute atomic E-state index is 13.0. The second-order valence-electron chi connectivity index (χ2n) is 4.74. The molecule has 2 rings (SSSR count). The van der Waals surface area contributed by atoms with Gasteiger partial charge in [0.25, 0.3) is 0 Å². The topological polar surface area (TPSA) is 72.9 Å². The third kappa shape index (κ3) is 2.79. The molecule has 0 atom stereocenters. The summed E-state index contributed by atoms with van der Waals surface area (Å²) >= 11 is 0. The third-order valence-electron chi connectivity index (χ3n) is 3.32. The molecule has 0 fully saturated rings. The molecule has 0 radical (unpaired) electrons. The van der Waals surface area contributed by atoms with Gasteiger partial charge in [-0.15, -0.1) is 0 Å². The van der Waals surface area contributed by atoms with Gasteiger partial charge in [-0.25, -0.2) is 4.39 Å². The molecule has 0 aliphatic carbocycles. The van der Waals surface area contributed by atoms with E-state index < -0.39 is 5.82 Å². The summed E-state index contributed by atoms with van der Waals surface area (Å²) in [7, 11) is 0. The van der Waals surface area contributed by atoms with Crippen molar-refractivity contribution in [3.8, 4) is 0 Å². The zero-order valence-corrected chi connectivity index (χ0v) is 11.7. The Hall–Kier alpha value is -2.37. The fourth-order valence-corrected chi connectivity index (χ4v) is 1.90. The van der Waals surface area contributed by atoms with Gasteiger partial charge in [0.05, 0.1) is 11.4 Å². The van der Waals surface area contributed by atoms with Crippen molar-refractivity contribution in [2.24, 2.45) is 0 Å². The summed E-state index contributed by atoms with van der Waals surface area (Å²) in [6.45, 7) is 5.89. The van der Waals surface area contributed by atoms with Crippen molar-refractivity contribution in [1.29, 1.82) is 0 Å². The normalized spacial score (nSPS) is 10.6. The van der Waals surface area contributed by atoms with E-state index in [1.807, 2.05) is 20.8 Å². The van der Waals surface area contributed by atoms with Crippen LogP contribution in [0.25, 0.3) is 0 Å². The smallest absolute Gasteiger partial charge is 0.246 e. The SMILES string of the molecule is Cc1nn(CC(=O)Nc2ccc(F)c(N)c2)c(C)c1C. The van der Waals surface area contributed by atoms with Crippen LogP contribution in [0.15, 0.2) is 18.2 Å². The lowest BCUT2D eigenvalue weighted by Gasteiger charge is -2.08. The molecule has 0 aliphatic rings. The Balaban J connectivity index is 2.09. The highest BCUT2D eigenvalue weighted by Crippen LogP contribution is 2.16. The quantitative estimate of drug-likeness (QED) is 0.844. The van der Waals surface area contributed by atoms with Crippen LogP contribution < -0.4 is 11.1 Å². The number of benzene rings is 1. The fourth-order valence-electron chi connectivity index (χ4n) is 1.90. The summed E-state index contributed by atoms with van der Waals surface area (Å²) < 4.78 is 14.7. The molecule has 0 spiro atoms. The van der Waals surface area contributed by atoms with Gasteiger partial charge in [-0.05, 0) is 44.5 Å². The number of hydrogen-bond donors (Lipinski definition) is 2. The lowest BCUT2D eigenvalue weighted by molar-refractivity contribution is -0.116. The number of halogens is 1. The summed E-state index contributed by atoms with van der Waals surface area (Å²) in [6.07, 6.45) is 0. The highest BCUT2D eigenvalue weighted by atomic mass is 19.1. The summed E-state index contributed by atoms with van der Waals surface area (Å²) in [4.78, 5) is 11.9. The number of amides is 1. The molecule has 1 aromatic carbocycles. The fraction of sp³-hybridized carbons (Fsp3) is 0.286. The molecule has 106 valence electrons. The van der Waals surface area contributed by atoms with E-state index in [4.69, 9.17) is 5.73 Å². The molecule has 3 N–H and O–H groups in total. The second kappa shape index (κ2) is 5.32. The van der Waals surface area contributed by atoms with E-state index in [1.54, 1.807) is 4.68 Å². The first-order valence-electron chi connectivity index (χ1n) is 6.24. The summed E-state index contributed by atoms with van der Waals surface area (Å²) in [5.74, 6) is -0.737. The number of nitrogens with one attached hydrogen (secondary N) is 1. The molecule has 1 heterocycles. The van der Waals surface area contributed by atoms with Crippen molar-refractivity contribution in [2.75, 3.05) is 11.1 Å². The van der Waals surface area contributed by atoms with Crippen molar-refractivity contribution in [2.45, 2.75) is 27.3 Å². The van der Waals surface area contributed by atoms with E-state index in [1.165, 1.54) is 18.2 Å². The predicted octanol–water partition coefficient (Wildman–Crippen LogP) is 2.17. The molecule has 20 heavy (non-hydrogen) atoms. The largest absolute Gasteiger partial charge is 0.396 e. The number of hydrogen-bond acceptors (Lipinski definition) is 3. The minimum Gasteiger partial charge on any atom is -0.396 e. The Morgan fingerprint density at radius 3 is 2.65 bits per heavy atom. The molecule has 2 aromatic rings. The maximum Gasteiger partial charge on any atom is 0.246 e. The van der Waals surface area contributed by atoms with Gasteiger partial charge in [0.2, 0.25) is 5.91 Å². The monoisotopic (exact) mass is 276 g/mol. The van der Waals surface area contributed by atoms with Gasteiger partial charge >= 0.3 is 0 Å². The van der Waals surface area contributed by atoms with Gasteiger partial charge < -0.3 is 11.1 Å². The van der Waals surface area contributed by atoms with Crippen molar-refractivity contribution in [3.05, 3.63) is 41.0 Å². The number of nitrogen functional groups attached to an aromatic ring is 1. The summed E-state index contributed by atoms with van der Waals surface area (Å²) in [5, 5.41) is 6.96. The van der Waals surface area contributed by atoms with Crippen LogP contribution >= 0.6 is 0 Å². The number of aromatic nitrogens is 2. The van der Waals surface area contributed by atoms with Gasteiger partial charge in [-0.2, -0.15) is 5.10 Å². The van der Waals surface area contributed by atoms with Crippen LogP contribution in [0, 0.1) is 26.6 Å². The molecule has 0 aliphatic heterocycles.